The van der Waals surface area contributed by atoms with E-state index in [2.05, 4.69) is 5.16 Å². The Morgan fingerprint density at radius 2 is 1.94 bits per heavy atom. The lowest BCUT2D eigenvalue weighted by molar-refractivity contribution is 0.0600. The van der Waals surface area contributed by atoms with E-state index in [1.807, 2.05) is 27.7 Å². The third-order valence-electron chi connectivity index (χ3n) is 2.26. The van der Waals surface area contributed by atoms with Gasteiger partial charge < -0.3 is 14.2 Å². The zero-order chi connectivity index (χ0) is 12.3. The highest BCUT2D eigenvalue weighted by atomic mass is 16.5. The molecule has 16 heavy (non-hydrogen) atoms. The van der Waals surface area contributed by atoms with Crippen molar-refractivity contribution >= 4 is 5.91 Å². The van der Waals surface area contributed by atoms with E-state index in [0.717, 1.165) is 0 Å². The molecule has 5 nitrogen and oxygen atoms in total. The zero-order valence-electron chi connectivity index (χ0n) is 10.4. The van der Waals surface area contributed by atoms with Crippen LogP contribution in [0.15, 0.2) is 10.6 Å². The summed E-state index contributed by atoms with van der Waals surface area (Å²) >= 11 is 0. The Morgan fingerprint density at radius 1 is 1.38 bits per heavy atom. The minimum absolute atomic E-state index is 0.114. The van der Waals surface area contributed by atoms with Crippen molar-refractivity contribution in [1.82, 2.24) is 10.1 Å². The number of hydrogen-bond acceptors (Lipinski definition) is 4. The van der Waals surface area contributed by atoms with Crippen molar-refractivity contribution in [1.29, 1.82) is 0 Å². The summed E-state index contributed by atoms with van der Waals surface area (Å²) in [5.74, 6) is 0.357. The van der Waals surface area contributed by atoms with Crippen LogP contribution in [0.2, 0.25) is 0 Å². The topological polar surface area (TPSA) is 55.6 Å². The van der Waals surface area contributed by atoms with Crippen LogP contribution in [0.5, 0.6) is 5.88 Å². The van der Waals surface area contributed by atoms with Gasteiger partial charge in [0, 0.05) is 12.1 Å². The van der Waals surface area contributed by atoms with Crippen molar-refractivity contribution in [2.24, 2.45) is 0 Å². The highest BCUT2D eigenvalue weighted by Gasteiger charge is 2.25. The first-order chi connectivity index (χ1) is 7.47. The summed E-state index contributed by atoms with van der Waals surface area (Å²) in [6.45, 7) is 7.86. The largest absolute Gasteiger partial charge is 0.479 e. The Kier molecular flexibility index (Phi) is 3.93. The molecule has 0 aromatic carbocycles. The van der Waals surface area contributed by atoms with Gasteiger partial charge >= 0.3 is 0 Å². The van der Waals surface area contributed by atoms with Crippen LogP contribution in [0.25, 0.3) is 0 Å². The van der Waals surface area contributed by atoms with Crippen LogP contribution in [-0.2, 0) is 0 Å². The molecule has 0 bridgehead atoms. The van der Waals surface area contributed by atoms with E-state index < -0.39 is 0 Å². The fourth-order valence-electron chi connectivity index (χ4n) is 1.65. The van der Waals surface area contributed by atoms with Crippen molar-refractivity contribution in [2.45, 2.75) is 39.8 Å². The third kappa shape index (κ3) is 2.53. The lowest BCUT2D eigenvalue weighted by Gasteiger charge is -2.29. The Balaban J connectivity index is 2.90. The van der Waals surface area contributed by atoms with Gasteiger partial charge in [-0.25, -0.2) is 0 Å². The fraction of sp³-hybridized carbons (Fsp3) is 0.636. The second-order valence-corrected chi connectivity index (χ2v) is 4.13. The molecule has 1 heterocycles. The summed E-state index contributed by atoms with van der Waals surface area (Å²) < 4.78 is 9.80. The third-order valence-corrected chi connectivity index (χ3v) is 2.26. The molecular weight excluding hydrogens is 208 g/mol. The van der Waals surface area contributed by atoms with Crippen LogP contribution < -0.4 is 4.74 Å². The number of amides is 1. The van der Waals surface area contributed by atoms with Crippen LogP contribution in [0.4, 0.5) is 0 Å². The number of carbonyl (C=O) groups is 1. The monoisotopic (exact) mass is 226 g/mol. The van der Waals surface area contributed by atoms with Crippen LogP contribution in [0, 0.1) is 0 Å². The van der Waals surface area contributed by atoms with E-state index in [1.54, 1.807) is 4.90 Å². The molecule has 5 heteroatoms. The Labute approximate surface area is 95.4 Å². The smallest absolute Gasteiger partial charge is 0.293 e. The van der Waals surface area contributed by atoms with E-state index in [0.29, 0.717) is 5.88 Å². The number of carbonyl (C=O) groups excluding carboxylic acids is 1. The van der Waals surface area contributed by atoms with Crippen LogP contribution >= 0.6 is 0 Å². The summed E-state index contributed by atoms with van der Waals surface area (Å²) in [5.41, 5.74) is 0. The molecule has 1 amide bonds. The molecule has 0 fully saturated rings. The van der Waals surface area contributed by atoms with Gasteiger partial charge in [0.1, 0.15) is 0 Å². The molecule has 0 unspecified atom stereocenters. The van der Waals surface area contributed by atoms with Crippen LogP contribution in [0.1, 0.15) is 38.2 Å². The normalized spacial score (nSPS) is 10.9. The van der Waals surface area contributed by atoms with Gasteiger partial charge in [-0.1, -0.05) is 0 Å². The highest BCUT2D eigenvalue weighted by Crippen LogP contribution is 2.16. The Morgan fingerprint density at radius 3 is 2.31 bits per heavy atom. The number of ether oxygens (including phenoxy) is 1. The summed E-state index contributed by atoms with van der Waals surface area (Å²) in [7, 11) is 1.48. The summed E-state index contributed by atoms with van der Waals surface area (Å²) in [6.07, 6.45) is 0. The average molecular weight is 226 g/mol. The number of aromatic nitrogens is 1. The van der Waals surface area contributed by atoms with Gasteiger partial charge in [0.2, 0.25) is 5.76 Å². The van der Waals surface area contributed by atoms with Crippen molar-refractivity contribution in [3.8, 4) is 5.88 Å². The molecule has 1 rings (SSSR count). The van der Waals surface area contributed by atoms with E-state index in [1.165, 1.54) is 13.2 Å². The van der Waals surface area contributed by atoms with Crippen molar-refractivity contribution in [2.75, 3.05) is 7.11 Å². The molecule has 90 valence electrons. The van der Waals surface area contributed by atoms with E-state index in [-0.39, 0.29) is 23.8 Å². The van der Waals surface area contributed by atoms with Gasteiger partial charge in [-0.2, -0.15) is 0 Å². The molecule has 0 radical (unpaired) electrons. The molecule has 0 aliphatic heterocycles. The minimum atomic E-state index is -0.166. The second-order valence-electron chi connectivity index (χ2n) is 4.13. The maximum Gasteiger partial charge on any atom is 0.293 e. The summed E-state index contributed by atoms with van der Waals surface area (Å²) in [5, 5.41) is 3.61. The molecule has 0 aliphatic rings. The van der Waals surface area contributed by atoms with Gasteiger partial charge in [-0.05, 0) is 32.9 Å². The first-order valence-corrected chi connectivity index (χ1v) is 5.30. The lowest BCUT2D eigenvalue weighted by Crippen LogP contribution is -2.41. The molecule has 0 N–H and O–H groups in total. The molecule has 0 spiro atoms. The van der Waals surface area contributed by atoms with Crippen LogP contribution in [0.3, 0.4) is 0 Å². The average Bonchev–Trinajstić information content (AvgIpc) is 2.64. The molecule has 1 aromatic heterocycles. The van der Waals surface area contributed by atoms with Crippen molar-refractivity contribution < 1.29 is 14.1 Å². The van der Waals surface area contributed by atoms with Gasteiger partial charge in [0.15, 0.2) is 0 Å². The summed E-state index contributed by atoms with van der Waals surface area (Å²) in [4.78, 5) is 13.8. The number of hydrogen-bond donors (Lipinski definition) is 0. The first-order valence-electron chi connectivity index (χ1n) is 5.30. The van der Waals surface area contributed by atoms with Crippen molar-refractivity contribution in [3.63, 3.8) is 0 Å². The fourth-order valence-corrected chi connectivity index (χ4v) is 1.65. The second kappa shape index (κ2) is 5.01. The highest BCUT2D eigenvalue weighted by molar-refractivity contribution is 5.92. The van der Waals surface area contributed by atoms with Gasteiger partial charge in [-0.3, -0.25) is 4.79 Å². The molecule has 0 saturated heterocycles. The maximum atomic E-state index is 12.1. The molecule has 1 aromatic rings. The number of nitrogens with zero attached hydrogens (tertiary/aromatic N) is 2. The van der Waals surface area contributed by atoms with Gasteiger partial charge in [0.25, 0.3) is 11.8 Å². The number of methoxy groups -OCH3 is 1. The van der Waals surface area contributed by atoms with Gasteiger partial charge in [0.05, 0.1) is 13.2 Å². The Hall–Kier alpha value is -1.52. The Bertz CT molecular complexity index is 350. The molecular formula is C11H18N2O3. The first kappa shape index (κ1) is 12.5. The molecule has 0 aliphatic carbocycles. The van der Waals surface area contributed by atoms with Crippen LogP contribution in [-0.4, -0.2) is 35.2 Å². The zero-order valence-corrected chi connectivity index (χ0v) is 10.4. The SMILES string of the molecule is COc1cc(C(=O)N(C(C)C)C(C)C)on1. The molecule has 0 atom stereocenters. The van der Waals surface area contributed by atoms with Gasteiger partial charge in [-0.15, -0.1) is 0 Å². The van der Waals surface area contributed by atoms with E-state index in [9.17, 15) is 4.79 Å². The quantitative estimate of drug-likeness (QED) is 0.787. The standard InChI is InChI=1S/C11H18N2O3/c1-7(2)13(8(3)4)11(14)9-6-10(15-5)12-16-9/h6-8H,1-5H3. The predicted molar refractivity (Wildman–Crippen MR) is 59.5 cm³/mol. The van der Waals surface area contributed by atoms with E-state index in [4.69, 9.17) is 9.26 Å². The summed E-state index contributed by atoms with van der Waals surface area (Å²) in [6, 6.07) is 1.73. The lowest BCUT2D eigenvalue weighted by atomic mass is 10.2. The van der Waals surface area contributed by atoms with E-state index >= 15 is 0 Å². The van der Waals surface area contributed by atoms with Crippen molar-refractivity contribution in [3.05, 3.63) is 11.8 Å². The number of rotatable bonds is 4. The maximum absolute atomic E-state index is 12.1. The molecule has 0 saturated carbocycles. The minimum Gasteiger partial charge on any atom is -0.479 e. The predicted octanol–water partition coefficient (Wildman–Crippen LogP) is 1.94.